The Morgan fingerprint density at radius 1 is 0.968 bits per heavy atom. The minimum atomic E-state index is -4.00. The number of sulfone groups is 1. The third kappa shape index (κ3) is 4.47. The molecule has 0 atom stereocenters. The quantitative estimate of drug-likeness (QED) is 0.377. The molecule has 0 amide bonds. The van der Waals surface area contributed by atoms with E-state index in [1.807, 2.05) is 30.3 Å². The summed E-state index contributed by atoms with van der Waals surface area (Å²) in [6.45, 7) is 0.405. The number of benzene rings is 3. The molecule has 31 heavy (non-hydrogen) atoms. The van der Waals surface area contributed by atoms with Crippen LogP contribution in [0.3, 0.4) is 0 Å². The van der Waals surface area contributed by atoms with Crippen molar-refractivity contribution in [1.82, 2.24) is 4.98 Å². The highest BCUT2D eigenvalue weighted by atomic mass is 35.5. The van der Waals surface area contributed by atoms with Crippen LogP contribution < -0.4 is 4.90 Å². The summed E-state index contributed by atoms with van der Waals surface area (Å²) in [5, 5.41) is 0.208. The van der Waals surface area contributed by atoms with Crippen LogP contribution in [0, 0.1) is 5.82 Å². The molecule has 0 aliphatic rings. The summed E-state index contributed by atoms with van der Waals surface area (Å²) in [5.74, 6) is -0.230. The molecular weight excluding hydrogens is 439 g/mol. The first-order valence-corrected chi connectivity index (χ1v) is 11.2. The van der Waals surface area contributed by atoms with Crippen molar-refractivity contribution in [2.75, 3.05) is 11.9 Å². The van der Waals surface area contributed by atoms with Crippen LogP contribution in [0.25, 0.3) is 11.5 Å². The maximum atomic E-state index is 13.4. The van der Waals surface area contributed by atoms with Crippen molar-refractivity contribution in [2.24, 2.45) is 0 Å². The van der Waals surface area contributed by atoms with Crippen LogP contribution in [0.2, 0.25) is 5.02 Å². The maximum Gasteiger partial charge on any atom is 0.236 e. The summed E-state index contributed by atoms with van der Waals surface area (Å²) in [6.07, 6.45) is 0. The van der Waals surface area contributed by atoms with Gasteiger partial charge in [-0.25, -0.2) is 12.8 Å². The molecule has 0 saturated heterocycles. The molecule has 0 bridgehead atoms. The highest BCUT2D eigenvalue weighted by molar-refractivity contribution is 7.91. The van der Waals surface area contributed by atoms with Crippen LogP contribution in [0.15, 0.2) is 93.2 Å². The van der Waals surface area contributed by atoms with Gasteiger partial charge in [0.25, 0.3) is 0 Å². The fraction of sp³-hybridized carbons (Fsp3) is 0.0870. The summed E-state index contributed by atoms with van der Waals surface area (Å²) < 4.78 is 46.0. The second-order valence-corrected chi connectivity index (χ2v) is 9.24. The van der Waals surface area contributed by atoms with Gasteiger partial charge in [-0.1, -0.05) is 41.9 Å². The number of anilines is 1. The number of aromatic nitrogens is 1. The number of oxazole rings is 1. The van der Waals surface area contributed by atoms with Crippen LogP contribution in [-0.2, 0) is 16.4 Å². The van der Waals surface area contributed by atoms with Gasteiger partial charge in [-0.05, 0) is 54.1 Å². The summed E-state index contributed by atoms with van der Waals surface area (Å²) in [5.41, 5.74) is 1.44. The van der Waals surface area contributed by atoms with Gasteiger partial charge in [0.15, 0.2) is 0 Å². The molecule has 0 spiro atoms. The Morgan fingerprint density at radius 3 is 2.26 bits per heavy atom. The first kappa shape index (κ1) is 21.1. The highest BCUT2D eigenvalue weighted by Gasteiger charge is 2.30. The molecule has 0 N–H and O–H groups in total. The molecule has 0 aliphatic heterocycles. The van der Waals surface area contributed by atoms with E-state index in [-0.39, 0.29) is 21.7 Å². The van der Waals surface area contributed by atoms with Crippen molar-refractivity contribution in [1.29, 1.82) is 0 Å². The van der Waals surface area contributed by atoms with Crippen molar-refractivity contribution in [3.8, 4) is 11.5 Å². The Labute approximate surface area is 184 Å². The SMILES string of the molecule is CN(Cc1ccccc1)c1oc(-c2ccc(F)cc2)nc1S(=O)(=O)c1ccc(Cl)cc1. The Morgan fingerprint density at radius 2 is 1.61 bits per heavy atom. The summed E-state index contributed by atoms with van der Waals surface area (Å²) in [7, 11) is -2.27. The van der Waals surface area contributed by atoms with Gasteiger partial charge in [-0.3, -0.25) is 0 Å². The number of rotatable bonds is 6. The Hall–Kier alpha value is -3.16. The fourth-order valence-corrected chi connectivity index (χ4v) is 4.56. The second-order valence-electron chi connectivity index (χ2n) is 6.94. The second kappa shape index (κ2) is 8.53. The number of hydrogen-bond donors (Lipinski definition) is 0. The van der Waals surface area contributed by atoms with Gasteiger partial charge < -0.3 is 9.32 Å². The molecule has 0 saturated carbocycles. The van der Waals surface area contributed by atoms with Crippen LogP contribution in [0.5, 0.6) is 0 Å². The van der Waals surface area contributed by atoms with E-state index in [4.69, 9.17) is 16.0 Å². The molecule has 5 nitrogen and oxygen atoms in total. The lowest BCUT2D eigenvalue weighted by molar-refractivity contribution is 0.553. The van der Waals surface area contributed by atoms with Crippen LogP contribution >= 0.6 is 11.6 Å². The van der Waals surface area contributed by atoms with Gasteiger partial charge in [0, 0.05) is 24.2 Å². The Balaban J connectivity index is 1.81. The van der Waals surface area contributed by atoms with Crippen molar-refractivity contribution in [2.45, 2.75) is 16.5 Å². The zero-order chi connectivity index (χ0) is 22.0. The summed E-state index contributed by atoms with van der Waals surface area (Å²) in [4.78, 5) is 6.02. The normalized spacial score (nSPS) is 11.5. The first-order valence-electron chi connectivity index (χ1n) is 9.37. The summed E-state index contributed by atoms with van der Waals surface area (Å²) >= 11 is 5.91. The molecule has 1 heterocycles. The van der Waals surface area contributed by atoms with E-state index in [9.17, 15) is 12.8 Å². The van der Waals surface area contributed by atoms with Crippen molar-refractivity contribution < 1.29 is 17.2 Å². The van der Waals surface area contributed by atoms with Crippen molar-refractivity contribution in [3.05, 3.63) is 95.3 Å². The van der Waals surface area contributed by atoms with Gasteiger partial charge in [0.05, 0.1) is 4.90 Å². The lowest BCUT2D eigenvalue weighted by Crippen LogP contribution is -2.18. The van der Waals surface area contributed by atoms with Gasteiger partial charge in [-0.2, -0.15) is 4.98 Å². The maximum absolute atomic E-state index is 13.4. The Kier molecular flexibility index (Phi) is 5.80. The van der Waals surface area contributed by atoms with E-state index in [1.165, 1.54) is 48.5 Å². The zero-order valence-corrected chi connectivity index (χ0v) is 18.1. The average molecular weight is 457 g/mol. The Bertz CT molecular complexity index is 1290. The fourth-order valence-electron chi connectivity index (χ4n) is 3.08. The topological polar surface area (TPSA) is 63.4 Å². The highest BCUT2D eigenvalue weighted by Crippen LogP contribution is 2.35. The van der Waals surface area contributed by atoms with Crippen LogP contribution in [0.4, 0.5) is 10.3 Å². The van der Waals surface area contributed by atoms with Gasteiger partial charge in [-0.15, -0.1) is 0 Å². The minimum Gasteiger partial charge on any atom is -0.419 e. The lowest BCUT2D eigenvalue weighted by Gasteiger charge is -2.17. The number of hydrogen-bond acceptors (Lipinski definition) is 5. The average Bonchev–Trinajstić information content (AvgIpc) is 3.22. The van der Waals surface area contributed by atoms with E-state index in [2.05, 4.69) is 4.98 Å². The first-order chi connectivity index (χ1) is 14.8. The van der Waals surface area contributed by atoms with Gasteiger partial charge in [0.2, 0.25) is 26.6 Å². The predicted octanol–water partition coefficient (Wildman–Crippen LogP) is 5.60. The van der Waals surface area contributed by atoms with Crippen molar-refractivity contribution in [3.63, 3.8) is 0 Å². The molecule has 0 fully saturated rings. The molecule has 3 aromatic carbocycles. The molecule has 4 aromatic rings. The molecule has 8 heteroatoms. The molecule has 0 radical (unpaired) electrons. The predicted molar refractivity (Wildman–Crippen MR) is 117 cm³/mol. The molecule has 158 valence electrons. The molecule has 0 unspecified atom stereocenters. The zero-order valence-electron chi connectivity index (χ0n) is 16.5. The van der Waals surface area contributed by atoms with Gasteiger partial charge in [0.1, 0.15) is 5.82 Å². The third-order valence-corrected chi connectivity index (χ3v) is 6.58. The largest absolute Gasteiger partial charge is 0.419 e. The molecule has 4 rings (SSSR count). The van der Waals surface area contributed by atoms with E-state index < -0.39 is 15.7 Å². The molecule has 1 aromatic heterocycles. The van der Waals surface area contributed by atoms with Crippen molar-refractivity contribution >= 4 is 27.3 Å². The number of halogens is 2. The van der Waals surface area contributed by atoms with Crippen LogP contribution in [0.1, 0.15) is 5.56 Å². The van der Waals surface area contributed by atoms with Gasteiger partial charge >= 0.3 is 0 Å². The molecule has 0 aliphatic carbocycles. The lowest BCUT2D eigenvalue weighted by atomic mass is 10.2. The smallest absolute Gasteiger partial charge is 0.236 e. The van der Waals surface area contributed by atoms with E-state index in [0.717, 1.165) is 5.56 Å². The van der Waals surface area contributed by atoms with E-state index in [1.54, 1.807) is 11.9 Å². The standard InChI is InChI=1S/C23H18ClFN2O3S/c1-27(15-16-5-3-2-4-6-16)23-22(31(28,29)20-13-9-18(24)10-14-20)26-21(30-23)17-7-11-19(25)12-8-17/h2-14H,15H2,1H3. The monoisotopic (exact) mass is 456 g/mol. The minimum absolute atomic E-state index is 0.0465. The van der Waals surface area contributed by atoms with Crippen LogP contribution in [-0.4, -0.2) is 20.4 Å². The third-order valence-electron chi connectivity index (χ3n) is 4.66. The number of nitrogens with zero attached hydrogens (tertiary/aromatic N) is 2. The van der Waals surface area contributed by atoms with E-state index in [0.29, 0.717) is 17.1 Å². The van der Waals surface area contributed by atoms with E-state index >= 15 is 0 Å². The summed E-state index contributed by atoms with van der Waals surface area (Å²) in [6, 6.07) is 20.9. The molecular formula is C23H18ClFN2O3S.